The fourth-order valence-electron chi connectivity index (χ4n) is 4.33. The molecule has 1 aromatic heterocycles. The number of piperidine rings is 3. The van der Waals surface area contributed by atoms with E-state index < -0.39 is 0 Å². The standard InChI is InChI=1S/C22H21FN2O2/c23-18-5-3-14(4-6-18)16-1-2-17-12-21(27-20(17)11-16)22(26)24-19-13-25-9-7-15(19)8-10-25/h1-6,11-12,15,19H,7-10,13H2,(H,24,26). The second-order valence-corrected chi connectivity index (χ2v) is 7.59. The summed E-state index contributed by atoms with van der Waals surface area (Å²) in [7, 11) is 0. The molecular formula is C22H21FN2O2. The first kappa shape index (κ1) is 16.5. The smallest absolute Gasteiger partial charge is 0.287 e. The average Bonchev–Trinajstić information content (AvgIpc) is 3.13. The Bertz CT molecular complexity index is 987. The van der Waals surface area contributed by atoms with Gasteiger partial charge in [0.15, 0.2) is 5.76 Å². The van der Waals surface area contributed by atoms with Crippen LogP contribution in [0.2, 0.25) is 0 Å². The van der Waals surface area contributed by atoms with Gasteiger partial charge in [-0.25, -0.2) is 4.39 Å². The number of nitrogens with zero attached hydrogens (tertiary/aromatic N) is 1. The summed E-state index contributed by atoms with van der Waals surface area (Å²) in [6.07, 6.45) is 2.32. The number of hydrogen-bond donors (Lipinski definition) is 1. The van der Waals surface area contributed by atoms with Gasteiger partial charge in [-0.05, 0) is 67.2 Å². The lowest BCUT2D eigenvalue weighted by molar-refractivity contribution is 0.0607. The quantitative estimate of drug-likeness (QED) is 0.762. The largest absolute Gasteiger partial charge is 0.451 e. The van der Waals surface area contributed by atoms with Crippen molar-refractivity contribution in [1.82, 2.24) is 10.2 Å². The van der Waals surface area contributed by atoms with Crippen LogP contribution in [0.1, 0.15) is 23.4 Å². The molecule has 4 heterocycles. The summed E-state index contributed by atoms with van der Waals surface area (Å²) < 4.78 is 19.0. The minimum Gasteiger partial charge on any atom is -0.451 e. The van der Waals surface area contributed by atoms with E-state index in [1.807, 2.05) is 18.2 Å². The molecule has 1 unspecified atom stereocenters. The maximum atomic E-state index is 13.1. The van der Waals surface area contributed by atoms with Crippen molar-refractivity contribution in [2.75, 3.05) is 19.6 Å². The van der Waals surface area contributed by atoms with Crippen LogP contribution in [0.25, 0.3) is 22.1 Å². The Hall–Kier alpha value is -2.66. The van der Waals surface area contributed by atoms with Gasteiger partial charge < -0.3 is 14.6 Å². The maximum absolute atomic E-state index is 13.1. The number of amides is 1. The molecule has 0 spiro atoms. The van der Waals surface area contributed by atoms with E-state index in [0.717, 1.165) is 49.0 Å². The lowest BCUT2D eigenvalue weighted by atomic mass is 9.84. The summed E-state index contributed by atoms with van der Waals surface area (Å²) in [5, 5.41) is 4.05. The molecule has 3 aromatic rings. The van der Waals surface area contributed by atoms with Gasteiger partial charge in [-0.1, -0.05) is 24.3 Å². The first-order valence-corrected chi connectivity index (χ1v) is 9.48. The molecule has 0 saturated carbocycles. The second-order valence-electron chi connectivity index (χ2n) is 7.59. The molecule has 2 bridgehead atoms. The van der Waals surface area contributed by atoms with E-state index in [9.17, 15) is 9.18 Å². The Labute approximate surface area is 157 Å². The third-order valence-corrected chi connectivity index (χ3v) is 5.89. The van der Waals surface area contributed by atoms with Crippen molar-refractivity contribution >= 4 is 16.9 Å². The van der Waals surface area contributed by atoms with Crippen molar-refractivity contribution in [3.05, 3.63) is 60.1 Å². The number of carbonyl (C=O) groups is 1. The van der Waals surface area contributed by atoms with E-state index in [4.69, 9.17) is 4.42 Å². The molecule has 138 valence electrons. The number of furan rings is 1. The normalized spacial score (nSPS) is 24.3. The summed E-state index contributed by atoms with van der Waals surface area (Å²) in [5.74, 6) is 0.518. The number of carbonyl (C=O) groups excluding carboxylic acids is 1. The monoisotopic (exact) mass is 364 g/mol. The molecule has 2 aromatic carbocycles. The summed E-state index contributed by atoms with van der Waals surface area (Å²) in [5.41, 5.74) is 2.50. The van der Waals surface area contributed by atoms with Crippen molar-refractivity contribution in [3.63, 3.8) is 0 Å². The van der Waals surface area contributed by atoms with Gasteiger partial charge in [0.05, 0.1) is 0 Å². The zero-order valence-electron chi connectivity index (χ0n) is 15.0. The van der Waals surface area contributed by atoms with Gasteiger partial charge >= 0.3 is 0 Å². The highest BCUT2D eigenvalue weighted by Crippen LogP contribution is 2.29. The predicted octanol–water partition coefficient (Wildman–Crippen LogP) is 4.06. The van der Waals surface area contributed by atoms with Crippen LogP contribution < -0.4 is 5.32 Å². The lowest BCUT2D eigenvalue weighted by Gasteiger charge is -2.44. The van der Waals surface area contributed by atoms with E-state index in [2.05, 4.69) is 10.2 Å². The molecule has 1 atom stereocenters. The fraction of sp³-hybridized carbons (Fsp3) is 0.318. The van der Waals surface area contributed by atoms with E-state index >= 15 is 0 Å². The van der Waals surface area contributed by atoms with E-state index in [-0.39, 0.29) is 17.8 Å². The minimum absolute atomic E-state index is 0.145. The number of hydrogen-bond acceptors (Lipinski definition) is 3. The van der Waals surface area contributed by atoms with Crippen molar-refractivity contribution in [2.24, 2.45) is 5.92 Å². The minimum atomic E-state index is -0.260. The predicted molar refractivity (Wildman–Crippen MR) is 102 cm³/mol. The molecular weight excluding hydrogens is 343 g/mol. The van der Waals surface area contributed by atoms with Crippen LogP contribution in [0.5, 0.6) is 0 Å². The first-order valence-electron chi connectivity index (χ1n) is 9.48. The summed E-state index contributed by atoms with van der Waals surface area (Å²) in [4.78, 5) is 15.1. The Kier molecular flexibility index (Phi) is 3.97. The van der Waals surface area contributed by atoms with Crippen LogP contribution in [0.15, 0.2) is 52.9 Å². The summed E-state index contributed by atoms with van der Waals surface area (Å²) in [6.45, 7) is 3.23. The van der Waals surface area contributed by atoms with Gasteiger partial charge in [0.1, 0.15) is 11.4 Å². The van der Waals surface area contributed by atoms with Crippen LogP contribution in [0.3, 0.4) is 0 Å². The Morgan fingerprint density at radius 3 is 2.48 bits per heavy atom. The number of benzene rings is 2. The highest BCUT2D eigenvalue weighted by atomic mass is 19.1. The van der Waals surface area contributed by atoms with Gasteiger partial charge in [0, 0.05) is 18.0 Å². The van der Waals surface area contributed by atoms with Crippen LogP contribution in [0, 0.1) is 11.7 Å². The molecule has 3 fully saturated rings. The van der Waals surface area contributed by atoms with E-state index in [0.29, 0.717) is 17.3 Å². The number of fused-ring (bicyclic) bond motifs is 4. The third-order valence-electron chi connectivity index (χ3n) is 5.89. The zero-order chi connectivity index (χ0) is 18.4. The third kappa shape index (κ3) is 3.12. The maximum Gasteiger partial charge on any atom is 0.287 e. The molecule has 0 aliphatic carbocycles. The zero-order valence-corrected chi connectivity index (χ0v) is 15.0. The highest BCUT2D eigenvalue weighted by Gasteiger charge is 2.35. The first-order chi connectivity index (χ1) is 13.2. The van der Waals surface area contributed by atoms with E-state index in [1.54, 1.807) is 18.2 Å². The van der Waals surface area contributed by atoms with Crippen molar-refractivity contribution in [3.8, 4) is 11.1 Å². The lowest BCUT2D eigenvalue weighted by Crippen LogP contribution is -2.57. The molecule has 1 amide bonds. The highest BCUT2D eigenvalue weighted by molar-refractivity contribution is 5.97. The fourth-order valence-corrected chi connectivity index (χ4v) is 4.33. The molecule has 27 heavy (non-hydrogen) atoms. The molecule has 3 aliphatic heterocycles. The van der Waals surface area contributed by atoms with Crippen molar-refractivity contribution in [1.29, 1.82) is 0 Å². The van der Waals surface area contributed by atoms with E-state index in [1.165, 1.54) is 12.1 Å². The molecule has 3 aliphatic rings. The van der Waals surface area contributed by atoms with Crippen LogP contribution in [-0.4, -0.2) is 36.5 Å². The van der Waals surface area contributed by atoms with Crippen LogP contribution in [0.4, 0.5) is 4.39 Å². The topological polar surface area (TPSA) is 45.5 Å². The van der Waals surface area contributed by atoms with Gasteiger partial charge in [-0.15, -0.1) is 0 Å². The van der Waals surface area contributed by atoms with Gasteiger partial charge in [-0.2, -0.15) is 0 Å². The Morgan fingerprint density at radius 2 is 1.78 bits per heavy atom. The molecule has 4 nitrogen and oxygen atoms in total. The van der Waals surface area contributed by atoms with Crippen LogP contribution >= 0.6 is 0 Å². The van der Waals surface area contributed by atoms with Crippen LogP contribution in [-0.2, 0) is 0 Å². The molecule has 0 radical (unpaired) electrons. The summed E-state index contributed by atoms with van der Waals surface area (Å²) in [6, 6.07) is 14.1. The molecule has 3 saturated heterocycles. The van der Waals surface area contributed by atoms with Gasteiger partial charge in [0.2, 0.25) is 0 Å². The average molecular weight is 364 g/mol. The van der Waals surface area contributed by atoms with Crippen molar-refractivity contribution in [2.45, 2.75) is 18.9 Å². The molecule has 5 heteroatoms. The SMILES string of the molecule is O=C(NC1CN2CCC1CC2)c1cc2ccc(-c3ccc(F)cc3)cc2o1. The summed E-state index contributed by atoms with van der Waals surface area (Å²) >= 11 is 0. The Balaban J connectivity index is 1.37. The number of nitrogens with one attached hydrogen (secondary N) is 1. The molecule has 1 N–H and O–H groups in total. The number of halogens is 1. The number of rotatable bonds is 3. The Morgan fingerprint density at radius 1 is 1.04 bits per heavy atom. The van der Waals surface area contributed by atoms with Gasteiger partial charge in [0.25, 0.3) is 5.91 Å². The molecule has 6 rings (SSSR count). The van der Waals surface area contributed by atoms with Gasteiger partial charge in [-0.3, -0.25) is 4.79 Å². The second kappa shape index (κ2) is 6.50. The van der Waals surface area contributed by atoms with Crippen molar-refractivity contribution < 1.29 is 13.6 Å².